The van der Waals surface area contributed by atoms with E-state index in [1.807, 2.05) is 36.4 Å². The number of benzene rings is 1. The summed E-state index contributed by atoms with van der Waals surface area (Å²) in [7, 11) is 0. The lowest BCUT2D eigenvalue weighted by atomic mass is 10.1. The molecule has 0 radical (unpaired) electrons. The van der Waals surface area contributed by atoms with E-state index in [0.29, 0.717) is 18.6 Å². The Kier molecular flexibility index (Phi) is 7.97. The number of rotatable bonds is 8. The summed E-state index contributed by atoms with van der Waals surface area (Å²) in [5.74, 6) is -0.369. The molecule has 1 unspecified atom stereocenters. The standard InChI is InChI=1S/C18H24O4/c1-4-5-11-17(21-14(2)19)18(22-15(3)20)13-12-16-9-7-6-8-10-16/h6-10,13,17H,4-5,11-12H2,1-3H3/b18-13-. The Labute approximate surface area is 132 Å². The molecule has 0 amide bonds. The van der Waals surface area contributed by atoms with Crippen LogP contribution < -0.4 is 0 Å². The lowest BCUT2D eigenvalue weighted by Gasteiger charge is -2.19. The lowest BCUT2D eigenvalue weighted by molar-refractivity contribution is -0.150. The molecule has 0 aliphatic rings. The zero-order valence-corrected chi connectivity index (χ0v) is 13.5. The molecule has 4 heteroatoms. The van der Waals surface area contributed by atoms with Gasteiger partial charge in [0.25, 0.3) is 0 Å². The third-order valence-electron chi connectivity index (χ3n) is 3.09. The second kappa shape index (κ2) is 9.77. The van der Waals surface area contributed by atoms with Crippen molar-refractivity contribution in [1.29, 1.82) is 0 Å². The summed E-state index contributed by atoms with van der Waals surface area (Å²) in [4.78, 5) is 22.6. The molecule has 1 aromatic carbocycles. The van der Waals surface area contributed by atoms with Crippen molar-refractivity contribution >= 4 is 11.9 Å². The Bertz CT molecular complexity index is 505. The van der Waals surface area contributed by atoms with Crippen molar-refractivity contribution in [3.63, 3.8) is 0 Å². The van der Waals surface area contributed by atoms with Crippen molar-refractivity contribution < 1.29 is 19.1 Å². The fraction of sp³-hybridized carbons (Fsp3) is 0.444. The molecule has 0 saturated heterocycles. The van der Waals surface area contributed by atoms with Crippen LogP contribution in [0.2, 0.25) is 0 Å². The Morgan fingerprint density at radius 2 is 1.82 bits per heavy atom. The van der Waals surface area contributed by atoms with E-state index >= 15 is 0 Å². The van der Waals surface area contributed by atoms with Crippen LogP contribution in [0.25, 0.3) is 0 Å². The molecule has 0 saturated carbocycles. The highest BCUT2D eigenvalue weighted by Gasteiger charge is 2.20. The number of ether oxygens (including phenoxy) is 2. The van der Waals surface area contributed by atoms with Gasteiger partial charge in [-0.3, -0.25) is 9.59 Å². The highest BCUT2D eigenvalue weighted by molar-refractivity contribution is 5.68. The molecule has 120 valence electrons. The molecular weight excluding hydrogens is 280 g/mol. The monoisotopic (exact) mass is 304 g/mol. The van der Waals surface area contributed by atoms with E-state index in [0.717, 1.165) is 18.4 Å². The van der Waals surface area contributed by atoms with Crippen LogP contribution in [-0.4, -0.2) is 18.0 Å². The number of hydrogen-bond acceptors (Lipinski definition) is 4. The summed E-state index contributed by atoms with van der Waals surface area (Å²) in [5.41, 5.74) is 1.10. The Balaban J connectivity index is 2.90. The van der Waals surface area contributed by atoms with Gasteiger partial charge in [0.05, 0.1) is 0 Å². The maximum atomic E-state index is 11.3. The fourth-order valence-corrected chi connectivity index (χ4v) is 2.09. The first-order chi connectivity index (χ1) is 10.5. The summed E-state index contributed by atoms with van der Waals surface area (Å²) in [5, 5.41) is 0. The summed E-state index contributed by atoms with van der Waals surface area (Å²) >= 11 is 0. The Hall–Kier alpha value is -2.10. The molecule has 0 N–H and O–H groups in total. The predicted molar refractivity (Wildman–Crippen MR) is 85.1 cm³/mol. The van der Waals surface area contributed by atoms with Crippen molar-refractivity contribution in [3.05, 3.63) is 47.7 Å². The van der Waals surface area contributed by atoms with Gasteiger partial charge in [0.2, 0.25) is 0 Å². The van der Waals surface area contributed by atoms with Crippen LogP contribution >= 0.6 is 0 Å². The first kappa shape index (κ1) is 18.0. The minimum absolute atomic E-state index is 0.376. The molecule has 1 aromatic rings. The Morgan fingerprint density at radius 3 is 2.36 bits per heavy atom. The minimum atomic E-state index is -0.509. The number of allylic oxidation sites excluding steroid dienone is 1. The second-order valence-electron chi connectivity index (χ2n) is 5.13. The number of carbonyl (C=O) groups excluding carboxylic acids is 2. The fourth-order valence-electron chi connectivity index (χ4n) is 2.09. The molecule has 0 spiro atoms. The van der Waals surface area contributed by atoms with Gasteiger partial charge in [0, 0.05) is 13.8 Å². The van der Waals surface area contributed by atoms with Gasteiger partial charge in [-0.25, -0.2) is 0 Å². The number of carbonyl (C=O) groups is 2. The highest BCUT2D eigenvalue weighted by atomic mass is 16.6. The van der Waals surface area contributed by atoms with Gasteiger partial charge in [-0.2, -0.15) is 0 Å². The third kappa shape index (κ3) is 7.07. The zero-order valence-electron chi connectivity index (χ0n) is 13.5. The largest absolute Gasteiger partial charge is 0.454 e. The zero-order chi connectivity index (χ0) is 16.4. The third-order valence-corrected chi connectivity index (χ3v) is 3.09. The first-order valence-corrected chi connectivity index (χ1v) is 7.62. The van der Waals surface area contributed by atoms with E-state index in [4.69, 9.17) is 9.47 Å². The maximum Gasteiger partial charge on any atom is 0.307 e. The van der Waals surface area contributed by atoms with Crippen LogP contribution in [0.5, 0.6) is 0 Å². The van der Waals surface area contributed by atoms with E-state index in [1.54, 1.807) is 0 Å². The quantitative estimate of drug-likeness (QED) is 0.541. The molecule has 4 nitrogen and oxygen atoms in total. The molecule has 1 rings (SSSR count). The van der Waals surface area contributed by atoms with Gasteiger partial charge in [-0.1, -0.05) is 43.7 Å². The van der Waals surface area contributed by atoms with Crippen molar-refractivity contribution in [1.82, 2.24) is 0 Å². The van der Waals surface area contributed by atoms with Gasteiger partial charge in [0.1, 0.15) is 5.76 Å². The average Bonchev–Trinajstić information content (AvgIpc) is 2.48. The van der Waals surface area contributed by atoms with E-state index in [1.165, 1.54) is 13.8 Å². The molecule has 0 fully saturated rings. The van der Waals surface area contributed by atoms with Crippen LogP contribution in [0.4, 0.5) is 0 Å². The Morgan fingerprint density at radius 1 is 1.14 bits per heavy atom. The van der Waals surface area contributed by atoms with E-state index in [9.17, 15) is 9.59 Å². The summed E-state index contributed by atoms with van der Waals surface area (Å²) in [6.45, 7) is 4.77. The molecule has 0 aliphatic carbocycles. The highest BCUT2D eigenvalue weighted by Crippen LogP contribution is 2.18. The van der Waals surface area contributed by atoms with Gasteiger partial charge in [-0.15, -0.1) is 0 Å². The van der Waals surface area contributed by atoms with Crippen LogP contribution in [0.3, 0.4) is 0 Å². The van der Waals surface area contributed by atoms with Crippen molar-refractivity contribution in [2.45, 2.75) is 52.6 Å². The number of hydrogen-bond donors (Lipinski definition) is 0. The van der Waals surface area contributed by atoms with Crippen LogP contribution in [-0.2, 0) is 25.5 Å². The summed E-state index contributed by atoms with van der Waals surface area (Å²) in [6, 6.07) is 9.84. The number of esters is 2. The maximum absolute atomic E-state index is 11.3. The normalized spacial score (nSPS) is 12.6. The van der Waals surface area contributed by atoms with Gasteiger partial charge < -0.3 is 9.47 Å². The predicted octanol–water partition coefficient (Wildman–Crippen LogP) is 3.80. The molecule has 1 atom stereocenters. The molecule has 0 aromatic heterocycles. The topological polar surface area (TPSA) is 52.6 Å². The first-order valence-electron chi connectivity index (χ1n) is 7.62. The molecular formula is C18H24O4. The average molecular weight is 304 g/mol. The van der Waals surface area contributed by atoms with E-state index in [-0.39, 0.29) is 5.97 Å². The number of unbranched alkanes of at least 4 members (excludes halogenated alkanes) is 1. The SMILES string of the molecule is CCCCC(OC(C)=O)/C(=C/Cc1ccccc1)OC(C)=O. The van der Waals surface area contributed by atoms with Crippen molar-refractivity contribution in [3.8, 4) is 0 Å². The molecule has 22 heavy (non-hydrogen) atoms. The van der Waals surface area contributed by atoms with E-state index in [2.05, 4.69) is 6.92 Å². The molecule has 0 heterocycles. The summed E-state index contributed by atoms with van der Waals surface area (Å²) < 4.78 is 10.6. The van der Waals surface area contributed by atoms with Crippen LogP contribution in [0.15, 0.2) is 42.2 Å². The van der Waals surface area contributed by atoms with Gasteiger partial charge >= 0.3 is 11.9 Å². The van der Waals surface area contributed by atoms with Crippen LogP contribution in [0, 0.1) is 0 Å². The van der Waals surface area contributed by atoms with Crippen molar-refractivity contribution in [2.75, 3.05) is 0 Å². The summed E-state index contributed by atoms with van der Waals surface area (Å²) in [6.07, 6.45) is 4.44. The van der Waals surface area contributed by atoms with Crippen molar-refractivity contribution in [2.24, 2.45) is 0 Å². The minimum Gasteiger partial charge on any atom is -0.454 e. The molecule has 0 aliphatic heterocycles. The van der Waals surface area contributed by atoms with Gasteiger partial charge in [0.15, 0.2) is 6.10 Å². The second-order valence-corrected chi connectivity index (χ2v) is 5.13. The molecule has 0 bridgehead atoms. The van der Waals surface area contributed by atoms with Crippen LogP contribution in [0.1, 0.15) is 45.6 Å². The smallest absolute Gasteiger partial charge is 0.307 e. The lowest BCUT2D eigenvalue weighted by Crippen LogP contribution is -2.22. The van der Waals surface area contributed by atoms with Gasteiger partial charge in [-0.05, 0) is 30.9 Å². The van der Waals surface area contributed by atoms with E-state index < -0.39 is 12.1 Å².